The third-order valence-corrected chi connectivity index (χ3v) is 6.67. The van der Waals surface area contributed by atoms with Crippen molar-refractivity contribution in [1.29, 1.82) is 0 Å². The largest absolute Gasteiger partial charge is 0.390 e. The molecule has 0 bridgehead atoms. The molecule has 27 heavy (non-hydrogen) atoms. The number of rotatable bonds is 5. The standard InChI is InChI=1S/C19H35B2N3.C3H8/c1-7-8-9-12-15-23-20(4)22(6)18-19(2,3)16-13-10-11-14-17(16)24(18)21(23)5;1-3-2/h10,13,18H,7-9,11-12,14-15H2,1-6H3;3H2,1-2H3. The lowest BCUT2D eigenvalue weighted by molar-refractivity contribution is 0.118. The highest BCUT2D eigenvalue weighted by molar-refractivity contribution is 6.70. The Morgan fingerprint density at radius 3 is 2.37 bits per heavy atom. The summed E-state index contributed by atoms with van der Waals surface area (Å²) in [5.74, 6) is 0. The molecular formula is C22H43B2N3. The first kappa shape index (κ1) is 22.6. The van der Waals surface area contributed by atoms with Crippen LogP contribution >= 0.6 is 0 Å². The second-order valence-corrected chi connectivity index (χ2v) is 9.24. The molecule has 0 N–H and O–H groups in total. The molecule has 2 aliphatic heterocycles. The van der Waals surface area contributed by atoms with Crippen LogP contribution in [0.5, 0.6) is 0 Å². The topological polar surface area (TPSA) is 9.72 Å². The first-order valence-electron chi connectivity index (χ1n) is 11.5. The van der Waals surface area contributed by atoms with Gasteiger partial charge in [-0.25, -0.2) is 0 Å². The fourth-order valence-electron chi connectivity index (χ4n) is 5.28. The highest BCUT2D eigenvalue weighted by Gasteiger charge is 2.56. The molecule has 0 aromatic carbocycles. The minimum absolute atomic E-state index is 0.206. The molecule has 1 unspecified atom stereocenters. The molecule has 3 rings (SSSR count). The lowest BCUT2D eigenvalue weighted by Gasteiger charge is -2.55. The molecule has 5 heteroatoms. The van der Waals surface area contributed by atoms with Gasteiger partial charge >= 0.3 is 6.98 Å². The van der Waals surface area contributed by atoms with E-state index in [1.54, 1.807) is 11.3 Å². The molecule has 0 amide bonds. The molecule has 1 fully saturated rings. The van der Waals surface area contributed by atoms with Crippen molar-refractivity contribution in [3.63, 3.8) is 0 Å². The van der Waals surface area contributed by atoms with Gasteiger partial charge in [-0.3, -0.25) is 0 Å². The van der Waals surface area contributed by atoms with E-state index in [1.165, 1.54) is 51.5 Å². The van der Waals surface area contributed by atoms with Crippen LogP contribution in [0.3, 0.4) is 0 Å². The van der Waals surface area contributed by atoms with Crippen LogP contribution < -0.4 is 0 Å². The van der Waals surface area contributed by atoms with E-state index in [0.29, 0.717) is 20.1 Å². The Labute approximate surface area is 170 Å². The van der Waals surface area contributed by atoms with Crippen LogP contribution in [0.1, 0.15) is 79.6 Å². The number of fused-ring (bicyclic) bond motifs is 2. The Hall–Kier alpha value is -0.670. The van der Waals surface area contributed by atoms with E-state index < -0.39 is 0 Å². The van der Waals surface area contributed by atoms with Crippen LogP contribution in [0.4, 0.5) is 0 Å². The summed E-state index contributed by atoms with van der Waals surface area (Å²) in [5, 5.41) is 0. The summed E-state index contributed by atoms with van der Waals surface area (Å²) in [5.41, 5.74) is 3.40. The highest BCUT2D eigenvalue weighted by Crippen LogP contribution is 2.50. The van der Waals surface area contributed by atoms with Gasteiger partial charge < -0.3 is 14.3 Å². The Kier molecular flexibility index (Phi) is 8.12. The normalized spacial score (nSPS) is 24.7. The summed E-state index contributed by atoms with van der Waals surface area (Å²) in [6.45, 7) is 18.5. The van der Waals surface area contributed by atoms with Gasteiger partial charge in [-0.2, -0.15) is 0 Å². The van der Waals surface area contributed by atoms with Gasteiger partial charge in [0.05, 0.1) is 6.17 Å². The number of hydrogen-bond donors (Lipinski definition) is 0. The van der Waals surface area contributed by atoms with Crippen molar-refractivity contribution >= 4 is 14.0 Å². The maximum absolute atomic E-state index is 2.75. The van der Waals surface area contributed by atoms with Crippen molar-refractivity contribution in [2.75, 3.05) is 13.6 Å². The molecule has 3 nitrogen and oxygen atoms in total. The Balaban J connectivity index is 0.000000817. The van der Waals surface area contributed by atoms with Gasteiger partial charge in [-0.05, 0) is 38.4 Å². The SMILES string of the molecule is CCC.CCCCCCN1B(C)N(C)C2N(B1C)C1=C(C=CCC1)C2(C)C. The minimum atomic E-state index is 0.206. The number of nitrogens with zero attached hydrogens (tertiary/aromatic N) is 3. The van der Waals surface area contributed by atoms with Crippen LogP contribution in [-0.2, 0) is 0 Å². The van der Waals surface area contributed by atoms with E-state index in [4.69, 9.17) is 0 Å². The van der Waals surface area contributed by atoms with Gasteiger partial charge in [0.1, 0.15) is 0 Å². The lowest BCUT2D eigenvalue weighted by atomic mass is 9.55. The lowest BCUT2D eigenvalue weighted by Crippen LogP contribution is -2.73. The Morgan fingerprint density at radius 2 is 1.74 bits per heavy atom. The average molecular weight is 371 g/mol. The van der Waals surface area contributed by atoms with Crippen LogP contribution in [0.25, 0.3) is 0 Å². The van der Waals surface area contributed by atoms with Gasteiger partial charge in [-0.15, -0.1) is 0 Å². The average Bonchev–Trinajstić information content (AvgIpc) is 2.88. The fraction of sp³-hybridized carbons (Fsp3) is 0.818. The molecule has 0 aromatic rings. The molecule has 1 saturated heterocycles. The quantitative estimate of drug-likeness (QED) is 0.451. The van der Waals surface area contributed by atoms with Crippen molar-refractivity contribution in [3.8, 4) is 0 Å². The third kappa shape index (κ3) is 4.34. The number of hydrogen-bond acceptors (Lipinski definition) is 3. The maximum Gasteiger partial charge on any atom is 0.330 e. The predicted molar refractivity (Wildman–Crippen MR) is 123 cm³/mol. The zero-order chi connectivity index (χ0) is 20.2. The van der Waals surface area contributed by atoms with Crippen molar-refractivity contribution in [1.82, 2.24) is 14.3 Å². The van der Waals surface area contributed by atoms with Crippen LogP contribution in [0.15, 0.2) is 23.4 Å². The molecule has 3 aliphatic rings. The molecular weight excluding hydrogens is 328 g/mol. The van der Waals surface area contributed by atoms with E-state index in [1.807, 2.05) is 0 Å². The second kappa shape index (κ2) is 9.69. The summed E-state index contributed by atoms with van der Waals surface area (Å²) in [7, 11) is 2.33. The zero-order valence-electron chi connectivity index (χ0n) is 19.4. The molecule has 1 aliphatic carbocycles. The maximum atomic E-state index is 2.75. The van der Waals surface area contributed by atoms with E-state index in [2.05, 4.69) is 81.8 Å². The number of allylic oxidation sites excluding steroid dienone is 3. The van der Waals surface area contributed by atoms with E-state index >= 15 is 0 Å². The van der Waals surface area contributed by atoms with Crippen LogP contribution in [0, 0.1) is 5.41 Å². The monoisotopic (exact) mass is 371 g/mol. The summed E-state index contributed by atoms with van der Waals surface area (Å²) in [4.78, 5) is 5.37. The summed E-state index contributed by atoms with van der Waals surface area (Å²) < 4.78 is 2.72. The van der Waals surface area contributed by atoms with Crippen molar-refractivity contribution in [2.24, 2.45) is 5.41 Å². The molecule has 0 aromatic heterocycles. The highest BCUT2D eigenvalue weighted by atomic mass is 15.4. The summed E-state index contributed by atoms with van der Waals surface area (Å²) >= 11 is 0. The van der Waals surface area contributed by atoms with Gasteiger partial charge in [0.2, 0.25) is 0 Å². The van der Waals surface area contributed by atoms with Crippen molar-refractivity contribution < 1.29 is 0 Å². The van der Waals surface area contributed by atoms with E-state index in [-0.39, 0.29) is 5.41 Å². The van der Waals surface area contributed by atoms with E-state index in [0.717, 1.165) is 0 Å². The summed E-state index contributed by atoms with van der Waals surface area (Å²) in [6.07, 6.45) is 14.3. The molecule has 2 heterocycles. The molecule has 0 radical (unpaired) electrons. The second-order valence-electron chi connectivity index (χ2n) is 9.24. The summed E-state index contributed by atoms with van der Waals surface area (Å²) in [6, 6.07) is 0. The first-order chi connectivity index (χ1) is 12.8. The fourth-order valence-corrected chi connectivity index (χ4v) is 5.28. The zero-order valence-corrected chi connectivity index (χ0v) is 19.4. The van der Waals surface area contributed by atoms with Gasteiger partial charge in [0.15, 0.2) is 0 Å². The number of unbranched alkanes of at least 4 members (excludes halogenated alkanes) is 3. The Morgan fingerprint density at radius 1 is 1.07 bits per heavy atom. The minimum Gasteiger partial charge on any atom is -0.390 e. The molecule has 0 spiro atoms. The van der Waals surface area contributed by atoms with E-state index in [9.17, 15) is 0 Å². The molecule has 152 valence electrons. The Bertz CT molecular complexity index is 544. The third-order valence-electron chi connectivity index (χ3n) is 6.67. The van der Waals surface area contributed by atoms with Gasteiger partial charge in [-0.1, -0.05) is 86.1 Å². The van der Waals surface area contributed by atoms with Gasteiger partial charge in [0.25, 0.3) is 6.98 Å². The van der Waals surface area contributed by atoms with Crippen molar-refractivity contribution in [2.45, 2.75) is 99.4 Å². The molecule has 1 atom stereocenters. The molecule has 0 saturated carbocycles. The first-order valence-corrected chi connectivity index (χ1v) is 11.5. The van der Waals surface area contributed by atoms with Crippen molar-refractivity contribution in [3.05, 3.63) is 23.4 Å². The smallest absolute Gasteiger partial charge is 0.330 e. The predicted octanol–water partition coefficient (Wildman–Crippen LogP) is 5.74. The van der Waals surface area contributed by atoms with Crippen LogP contribution in [0.2, 0.25) is 13.6 Å². The van der Waals surface area contributed by atoms with Gasteiger partial charge in [0, 0.05) is 11.1 Å². The van der Waals surface area contributed by atoms with Crippen LogP contribution in [-0.4, -0.2) is 48.1 Å².